The number of nitrogens with two attached hydrogens (primary N) is 1. The maximum absolute atomic E-state index is 12.6. The molecule has 2 aromatic heterocycles. The number of aromatic nitrogens is 4. The van der Waals surface area contributed by atoms with Gasteiger partial charge in [0, 0.05) is 24.7 Å². The van der Waals surface area contributed by atoms with E-state index in [0.717, 1.165) is 16.3 Å². The standard InChI is InChI=1S/C16H14ClN5O3S/c1-21-13-11(15(24)22(2)16(21)25)14(26-7-10(18)23)20-12(19-13)8-4-3-5-9(17)6-8/h3-6H,7H2,1-2H3,(H2,18,23). The maximum atomic E-state index is 12.6. The molecule has 1 amide bonds. The summed E-state index contributed by atoms with van der Waals surface area (Å²) in [4.78, 5) is 44.8. The van der Waals surface area contributed by atoms with Crippen molar-refractivity contribution in [2.45, 2.75) is 5.03 Å². The van der Waals surface area contributed by atoms with Crippen LogP contribution in [0.4, 0.5) is 0 Å². The van der Waals surface area contributed by atoms with Crippen molar-refractivity contribution >= 4 is 40.3 Å². The normalized spacial score (nSPS) is 11.0. The quantitative estimate of drug-likeness (QED) is 0.522. The zero-order valence-electron chi connectivity index (χ0n) is 13.9. The van der Waals surface area contributed by atoms with Gasteiger partial charge in [-0.1, -0.05) is 35.5 Å². The van der Waals surface area contributed by atoms with E-state index in [-0.39, 0.29) is 27.6 Å². The minimum Gasteiger partial charge on any atom is -0.369 e. The molecule has 0 aliphatic rings. The van der Waals surface area contributed by atoms with Crippen LogP contribution >= 0.6 is 23.4 Å². The van der Waals surface area contributed by atoms with Gasteiger partial charge in [-0.25, -0.2) is 14.8 Å². The number of carbonyl (C=O) groups is 1. The molecule has 26 heavy (non-hydrogen) atoms. The third-order valence-electron chi connectivity index (χ3n) is 3.70. The van der Waals surface area contributed by atoms with E-state index in [0.29, 0.717) is 10.6 Å². The van der Waals surface area contributed by atoms with Crippen LogP contribution in [0.1, 0.15) is 0 Å². The Labute approximate surface area is 156 Å². The monoisotopic (exact) mass is 391 g/mol. The van der Waals surface area contributed by atoms with Crippen molar-refractivity contribution in [2.75, 3.05) is 5.75 Å². The molecule has 10 heteroatoms. The zero-order valence-corrected chi connectivity index (χ0v) is 15.5. The first-order chi connectivity index (χ1) is 12.3. The molecule has 0 bridgehead atoms. The Kier molecular flexibility index (Phi) is 4.84. The van der Waals surface area contributed by atoms with Crippen LogP contribution in [0, 0.1) is 0 Å². The number of aryl methyl sites for hydroxylation is 1. The molecule has 0 saturated carbocycles. The Morgan fingerprint density at radius 3 is 2.62 bits per heavy atom. The Hall–Kier alpha value is -2.65. The summed E-state index contributed by atoms with van der Waals surface area (Å²) in [6, 6.07) is 6.88. The fourth-order valence-corrected chi connectivity index (χ4v) is 3.37. The Morgan fingerprint density at radius 1 is 1.23 bits per heavy atom. The van der Waals surface area contributed by atoms with Gasteiger partial charge in [-0.3, -0.25) is 18.7 Å². The molecule has 2 heterocycles. The highest BCUT2D eigenvalue weighted by atomic mass is 35.5. The van der Waals surface area contributed by atoms with E-state index in [1.165, 1.54) is 18.7 Å². The number of fused-ring (bicyclic) bond motifs is 1. The van der Waals surface area contributed by atoms with E-state index in [1.54, 1.807) is 24.3 Å². The number of benzene rings is 1. The highest BCUT2D eigenvalue weighted by molar-refractivity contribution is 8.00. The number of rotatable bonds is 4. The third kappa shape index (κ3) is 3.23. The van der Waals surface area contributed by atoms with E-state index in [1.807, 2.05) is 0 Å². The molecule has 0 radical (unpaired) electrons. The lowest BCUT2D eigenvalue weighted by Gasteiger charge is -2.11. The molecule has 0 unspecified atom stereocenters. The minimum absolute atomic E-state index is 0.0624. The molecule has 0 spiro atoms. The van der Waals surface area contributed by atoms with E-state index >= 15 is 0 Å². The first kappa shape index (κ1) is 18.2. The Bertz CT molecular complexity index is 1160. The van der Waals surface area contributed by atoms with Gasteiger partial charge in [0.25, 0.3) is 5.56 Å². The zero-order chi connectivity index (χ0) is 19.0. The van der Waals surface area contributed by atoms with Crippen molar-refractivity contribution in [3.63, 3.8) is 0 Å². The number of primary amides is 1. The lowest BCUT2D eigenvalue weighted by molar-refractivity contribution is -0.115. The SMILES string of the molecule is Cn1c(=O)c2c(SCC(N)=O)nc(-c3cccc(Cl)c3)nc2n(C)c1=O. The van der Waals surface area contributed by atoms with Crippen LogP contribution in [-0.4, -0.2) is 30.8 Å². The van der Waals surface area contributed by atoms with Crippen LogP contribution in [0.25, 0.3) is 22.4 Å². The molecule has 134 valence electrons. The predicted molar refractivity (Wildman–Crippen MR) is 100 cm³/mol. The van der Waals surface area contributed by atoms with Crippen LogP contribution < -0.4 is 17.0 Å². The Morgan fingerprint density at radius 2 is 1.96 bits per heavy atom. The number of hydrogen-bond donors (Lipinski definition) is 1. The van der Waals surface area contributed by atoms with E-state index in [4.69, 9.17) is 17.3 Å². The number of thioether (sulfide) groups is 1. The Balaban J connectivity index is 2.38. The van der Waals surface area contributed by atoms with Gasteiger partial charge < -0.3 is 5.73 Å². The van der Waals surface area contributed by atoms with Gasteiger partial charge in [-0.15, -0.1) is 0 Å². The lowest BCUT2D eigenvalue weighted by Crippen LogP contribution is -2.37. The fraction of sp³-hybridized carbons (Fsp3) is 0.188. The molecule has 0 fully saturated rings. The van der Waals surface area contributed by atoms with E-state index in [2.05, 4.69) is 9.97 Å². The largest absolute Gasteiger partial charge is 0.369 e. The molecule has 0 aliphatic heterocycles. The van der Waals surface area contributed by atoms with Crippen molar-refractivity contribution in [3.05, 3.63) is 50.1 Å². The molecule has 3 aromatic rings. The summed E-state index contributed by atoms with van der Waals surface area (Å²) in [5, 5.41) is 0.932. The topological polar surface area (TPSA) is 113 Å². The van der Waals surface area contributed by atoms with Gasteiger partial charge >= 0.3 is 5.69 Å². The average Bonchev–Trinajstić information content (AvgIpc) is 2.62. The summed E-state index contributed by atoms with van der Waals surface area (Å²) >= 11 is 7.05. The fourth-order valence-electron chi connectivity index (χ4n) is 2.43. The molecular weight excluding hydrogens is 378 g/mol. The van der Waals surface area contributed by atoms with Gasteiger partial charge in [0.15, 0.2) is 11.5 Å². The minimum atomic E-state index is -0.548. The summed E-state index contributed by atoms with van der Waals surface area (Å²) in [7, 11) is 2.89. The van der Waals surface area contributed by atoms with Crippen LogP contribution in [0.15, 0.2) is 38.9 Å². The summed E-state index contributed by atoms with van der Waals surface area (Å²) in [6.45, 7) is 0. The van der Waals surface area contributed by atoms with Crippen LogP contribution in [0.5, 0.6) is 0 Å². The number of halogens is 1. The highest BCUT2D eigenvalue weighted by Crippen LogP contribution is 2.26. The molecular formula is C16H14ClN5O3S. The third-order valence-corrected chi connectivity index (χ3v) is 4.93. The summed E-state index contributed by atoms with van der Waals surface area (Å²) in [6.07, 6.45) is 0. The molecule has 3 rings (SSSR count). The summed E-state index contributed by atoms with van der Waals surface area (Å²) in [5.74, 6) is -0.324. The van der Waals surface area contributed by atoms with Gasteiger partial charge in [0.2, 0.25) is 5.91 Å². The number of nitrogens with zero attached hydrogens (tertiary/aromatic N) is 4. The van der Waals surface area contributed by atoms with Crippen molar-refractivity contribution in [3.8, 4) is 11.4 Å². The second kappa shape index (κ2) is 6.93. The summed E-state index contributed by atoms with van der Waals surface area (Å²) < 4.78 is 2.24. The van der Waals surface area contributed by atoms with Crippen molar-refractivity contribution in [1.29, 1.82) is 0 Å². The molecule has 0 aliphatic carbocycles. The van der Waals surface area contributed by atoms with Crippen LogP contribution in [0.2, 0.25) is 5.02 Å². The lowest BCUT2D eigenvalue weighted by atomic mass is 10.2. The number of carbonyl (C=O) groups excluding carboxylic acids is 1. The maximum Gasteiger partial charge on any atom is 0.332 e. The molecule has 0 atom stereocenters. The van der Waals surface area contributed by atoms with Gasteiger partial charge in [0.05, 0.1) is 5.75 Å². The van der Waals surface area contributed by atoms with E-state index < -0.39 is 17.2 Å². The van der Waals surface area contributed by atoms with Crippen molar-refractivity contribution in [2.24, 2.45) is 19.8 Å². The van der Waals surface area contributed by atoms with E-state index in [9.17, 15) is 14.4 Å². The molecule has 0 saturated heterocycles. The number of amides is 1. The van der Waals surface area contributed by atoms with Crippen molar-refractivity contribution < 1.29 is 4.79 Å². The van der Waals surface area contributed by atoms with Gasteiger partial charge in [0.1, 0.15) is 10.4 Å². The molecule has 1 aromatic carbocycles. The smallest absolute Gasteiger partial charge is 0.332 e. The second-order valence-corrected chi connectivity index (χ2v) is 6.92. The summed E-state index contributed by atoms with van der Waals surface area (Å²) in [5.41, 5.74) is 4.97. The van der Waals surface area contributed by atoms with Crippen LogP contribution in [0.3, 0.4) is 0 Å². The highest BCUT2D eigenvalue weighted by Gasteiger charge is 2.18. The van der Waals surface area contributed by atoms with Crippen LogP contribution in [-0.2, 0) is 18.9 Å². The first-order valence-corrected chi connectivity index (χ1v) is 8.80. The molecule has 2 N–H and O–H groups in total. The number of hydrogen-bond acceptors (Lipinski definition) is 6. The van der Waals surface area contributed by atoms with Crippen molar-refractivity contribution in [1.82, 2.24) is 19.1 Å². The van der Waals surface area contributed by atoms with Gasteiger partial charge in [-0.05, 0) is 12.1 Å². The first-order valence-electron chi connectivity index (χ1n) is 7.44. The van der Waals surface area contributed by atoms with Gasteiger partial charge in [-0.2, -0.15) is 0 Å². The average molecular weight is 392 g/mol. The second-order valence-electron chi connectivity index (χ2n) is 5.52. The molecule has 8 nitrogen and oxygen atoms in total. The predicted octanol–water partition coefficient (Wildman–Crippen LogP) is 0.925.